The Balaban J connectivity index is 1.33. The van der Waals surface area contributed by atoms with Gasteiger partial charge in [0.2, 0.25) is 0 Å². The van der Waals surface area contributed by atoms with Crippen LogP contribution in [0.15, 0.2) is 108 Å². The zero-order chi connectivity index (χ0) is 39.4. The Bertz CT molecular complexity index is 2070. The lowest BCUT2D eigenvalue weighted by Gasteiger charge is -2.42. The molecule has 1 fully saturated rings. The van der Waals surface area contributed by atoms with Gasteiger partial charge in [0.05, 0.1) is 49.6 Å². The SMILES string of the molecule is CC(OC1OCCN(Cc2n[nH]c(=O)n2P(=O)(OCc2ccccc2)OCc2ccccc2)C1c1ccc(F)cc1)c1cc(C(F)(F)F)cc(C(F)(F)F)c1. The number of benzene rings is 4. The van der Waals surface area contributed by atoms with Gasteiger partial charge in [0.15, 0.2) is 12.1 Å². The molecule has 0 aliphatic carbocycles. The number of nitrogens with one attached hydrogen (secondary N) is 1. The van der Waals surface area contributed by atoms with Crippen LogP contribution in [0.2, 0.25) is 0 Å². The molecule has 6 rings (SSSR count). The summed E-state index contributed by atoms with van der Waals surface area (Å²) < 4.78 is 135. The third kappa shape index (κ3) is 9.79. The monoisotopic (exact) mass is 794 g/mol. The van der Waals surface area contributed by atoms with Crippen LogP contribution in [-0.4, -0.2) is 38.9 Å². The van der Waals surface area contributed by atoms with Crippen molar-refractivity contribution in [1.29, 1.82) is 0 Å². The number of ether oxygens (including phenoxy) is 2. The molecular weight excluding hydrogens is 760 g/mol. The van der Waals surface area contributed by atoms with Crippen molar-refractivity contribution in [2.24, 2.45) is 0 Å². The number of aromatic nitrogens is 3. The molecule has 292 valence electrons. The minimum Gasteiger partial charge on any atom is -0.349 e. The Morgan fingerprint density at radius 1 is 0.855 bits per heavy atom. The van der Waals surface area contributed by atoms with Crippen molar-refractivity contribution in [2.75, 3.05) is 13.2 Å². The number of rotatable bonds is 13. The number of aromatic amines is 1. The van der Waals surface area contributed by atoms with Crippen molar-refractivity contribution >= 4 is 7.75 Å². The van der Waals surface area contributed by atoms with Crippen LogP contribution in [0.5, 0.6) is 0 Å². The Labute approximate surface area is 310 Å². The maximum atomic E-state index is 14.6. The highest BCUT2D eigenvalue weighted by atomic mass is 31.2. The zero-order valence-corrected chi connectivity index (χ0v) is 29.9. The van der Waals surface area contributed by atoms with Crippen molar-refractivity contribution < 1.29 is 53.8 Å². The fourth-order valence-corrected chi connectivity index (χ4v) is 7.56. The highest BCUT2D eigenvalue weighted by Gasteiger charge is 2.41. The van der Waals surface area contributed by atoms with E-state index in [0.717, 1.165) is 16.5 Å². The summed E-state index contributed by atoms with van der Waals surface area (Å²) in [7, 11) is -4.52. The van der Waals surface area contributed by atoms with Gasteiger partial charge in [-0.2, -0.15) is 35.8 Å². The van der Waals surface area contributed by atoms with Crippen LogP contribution in [0.1, 0.15) is 58.3 Å². The molecule has 10 nitrogen and oxygen atoms in total. The van der Waals surface area contributed by atoms with E-state index in [0.29, 0.717) is 28.8 Å². The standard InChI is InChI=1S/C37H34F7N4O6P/c1-24(28-18-29(36(39,40)41)20-30(19-28)37(42,43)44)54-34-33(27-12-14-31(38)15-13-27)47(16-17-51-34)21-32-45-46-35(49)48(32)55(50,52-22-25-8-4-2-5-9-25)53-23-26-10-6-3-7-11-26/h2-15,18-20,24,33-34H,16-17,21-23H2,1H3,(H,46,49). The first-order valence-corrected chi connectivity index (χ1v) is 18.3. The molecule has 1 aliphatic rings. The maximum absolute atomic E-state index is 14.6. The van der Waals surface area contributed by atoms with Crippen molar-refractivity contribution in [3.63, 3.8) is 0 Å². The first-order valence-electron chi connectivity index (χ1n) is 16.8. The number of alkyl halides is 6. The number of hydrogen-bond acceptors (Lipinski definition) is 8. The van der Waals surface area contributed by atoms with E-state index < -0.39 is 66.7 Å². The summed E-state index contributed by atoms with van der Waals surface area (Å²) in [5, 5.41) is 6.42. The zero-order valence-electron chi connectivity index (χ0n) is 29.0. The van der Waals surface area contributed by atoms with Crippen LogP contribution in [0.25, 0.3) is 0 Å². The van der Waals surface area contributed by atoms with Crippen molar-refractivity contribution in [3.8, 4) is 0 Å². The fourth-order valence-electron chi connectivity index (χ4n) is 5.98. The van der Waals surface area contributed by atoms with Gasteiger partial charge in [-0.25, -0.2) is 18.8 Å². The number of halogens is 7. The summed E-state index contributed by atoms with van der Waals surface area (Å²) in [6.07, 6.45) is -12.9. The molecule has 0 bridgehead atoms. The second-order valence-electron chi connectivity index (χ2n) is 12.6. The van der Waals surface area contributed by atoms with Gasteiger partial charge in [-0.3, -0.25) is 13.9 Å². The molecule has 0 amide bonds. The highest BCUT2D eigenvalue weighted by molar-refractivity contribution is 7.52. The van der Waals surface area contributed by atoms with Gasteiger partial charge in [0.25, 0.3) is 0 Å². The van der Waals surface area contributed by atoms with Gasteiger partial charge >= 0.3 is 25.8 Å². The Morgan fingerprint density at radius 3 is 1.93 bits per heavy atom. The van der Waals surface area contributed by atoms with E-state index in [1.165, 1.54) is 19.1 Å². The summed E-state index contributed by atoms with van der Waals surface area (Å²) >= 11 is 0. The maximum Gasteiger partial charge on any atom is 0.445 e. The molecule has 2 heterocycles. The predicted octanol–water partition coefficient (Wildman–Crippen LogP) is 8.82. The third-order valence-electron chi connectivity index (χ3n) is 8.72. The summed E-state index contributed by atoms with van der Waals surface area (Å²) in [5.41, 5.74) is -2.73. The van der Waals surface area contributed by atoms with E-state index in [4.69, 9.17) is 18.5 Å². The summed E-state index contributed by atoms with van der Waals surface area (Å²) in [5.74, 6) is -0.697. The van der Waals surface area contributed by atoms with Crippen LogP contribution in [0.4, 0.5) is 30.7 Å². The van der Waals surface area contributed by atoms with Crippen molar-refractivity contribution in [1.82, 2.24) is 19.4 Å². The van der Waals surface area contributed by atoms with E-state index in [1.807, 2.05) is 0 Å². The molecule has 3 atom stereocenters. The number of nitrogens with zero attached hydrogens (tertiary/aromatic N) is 3. The van der Waals surface area contributed by atoms with Gasteiger partial charge in [-0.05, 0) is 59.5 Å². The highest BCUT2D eigenvalue weighted by Crippen LogP contribution is 2.51. The Hall–Kier alpha value is -4.64. The molecule has 0 radical (unpaired) electrons. The van der Waals surface area contributed by atoms with Gasteiger partial charge in [-0.1, -0.05) is 72.8 Å². The first kappa shape index (κ1) is 40.0. The van der Waals surface area contributed by atoms with Gasteiger partial charge in [-0.15, -0.1) is 0 Å². The molecule has 4 aromatic carbocycles. The van der Waals surface area contributed by atoms with Gasteiger partial charge in [0.1, 0.15) is 5.82 Å². The van der Waals surface area contributed by atoms with Crippen molar-refractivity contribution in [2.45, 2.75) is 57.5 Å². The molecule has 1 saturated heterocycles. The molecule has 55 heavy (non-hydrogen) atoms. The summed E-state index contributed by atoms with van der Waals surface area (Å²) in [4.78, 5) is 15.0. The van der Waals surface area contributed by atoms with Crippen LogP contribution >= 0.6 is 7.75 Å². The molecular formula is C37H34F7N4O6P. The summed E-state index contributed by atoms with van der Waals surface area (Å²) in [6.45, 7) is 0.646. The average Bonchev–Trinajstić information content (AvgIpc) is 3.53. The predicted molar refractivity (Wildman–Crippen MR) is 184 cm³/mol. The Kier molecular flexibility index (Phi) is 12.1. The molecule has 1 aromatic heterocycles. The summed E-state index contributed by atoms with van der Waals surface area (Å²) in [6, 6.07) is 22.7. The van der Waals surface area contributed by atoms with E-state index in [1.54, 1.807) is 65.6 Å². The molecule has 3 unspecified atom stereocenters. The largest absolute Gasteiger partial charge is 0.445 e. The lowest BCUT2D eigenvalue weighted by atomic mass is 10.0. The van der Waals surface area contributed by atoms with E-state index in [2.05, 4.69) is 10.2 Å². The van der Waals surface area contributed by atoms with E-state index >= 15 is 0 Å². The normalized spacial score (nSPS) is 17.7. The minimum atomic E-state index is -5.08. The smallest absolute Gasteiger partial charge is 0.349 e. The van der Waals surface area contributed by atoms with E-state index in [9.17, 15) is 40.1 Å². The third-order valence-corrected chi connectivity index (χ3v) is 10.5. The molecule has 18 heteroatoms. The van der Waals surface area contributed by atoms with Gasteiger partial charge < -0.3 is 9.47 Å². The minimum absolute atomic E-state index is 0.0195. The number of hydrogen-bond donors (Lipinski definition) is 1. The van der Waals surface area contributed by atoms with Crippen molar-refractivity contribution in [3.05, 3.63) is 159 Å². The fraction of sp³-hybridized carbons (Fsp3) is 0.297. The van der Waals surface area contributed by atoms with Crippen LogP contribution in [0, 0.1) is 5.82 Å². The second kappa shape index (κ2) is 16.6. The molecule has 5 aromatic rings. The lowest BCUT2D eigenvalue weighted by molar-refractivity contribution is -0.231. The molecule has 1 N–H and O–H groups in total. The molecule has 0 saturated carbocycles. The van der Waals surface area contributed by atoms with Crippen LogP contribution in [0.3, 0.4) is 0 Å². The number of H-pyrrole nitrogens is 1. The average molecular weight is 795 g/mol. The Morgan fingerprint density at radius 2 is 1.40 bits per heavy atom. The molecule has 0 spiro atoms. The quantitative estimate of drug-likeness (QED) is 0.0932. The lowest BCUT2D eigenvalue weighted by Crippen LogP contribution is -2.46. The second-order valence-corrected chi connectivity index (χ2v) is 14.4. The van der Waals surface area contributed by atoms with Crippen LogP contribution < -0.4 is 5.69 Å². The first-order chi connectivity index (χ1) is 26.1. The van der Waals surface area contributed by atoms with Gasteiger partial charge in [0, 0.05) is 6.54 Å². The number of morpholine rings is 1. The van der Waals surface area contributed by atoms with E-state index in [-0.39, 0.29) is 44.8 Å². The van der Waals surface area contributed by atoms with Crippen LogP contribution in [-0.2, 0) is 55.2 Å². The molecule has 1 aliphatic heterocycles. The topological polar surface area (TPSA) is 108 Å².